The summed E-state index contributed by atoms with van der Waals surface area (Å²) in [4.78, 5) is 17.1. The van der Waals surface area contributed by atoms with Gasteiger partial charge in [0.15, 0.2) is 0 Å². The molecule has 0 bridgehead atoms. The molecule has 21 heavy (non-hydrogen) atoms. The van der Waals surface area contributed by atoms with E-state index >= 15 is 0 Å². The standard InChI is InChI=1S/C17H35N3O/c1-5-19(6-2)9-8-10-20(7-3)17(21)15-11-14(4)12-16(18)13-15/h14-16H,5-13,18H2,1-4H3. The van der Waals surface area contributed by atoms with Crippen LogP contribution in [0.4, 0.5) is 0 Å². The molecule has 1 amide bonds. The van der Waals surface area contributed by atoms with E-state index in [1.54, 1.807) is 0 Å². The maximum Gasteiger partial charge on any atom is 0.225 e. The number of carbonyl (C=O) groups excluding carboxylic acids is 1. The number of nitrogens with zero attached hydrogens (tertiary/aromatic N) is 2. The number of carbonyl (C=O) groups is 1. The average molecular weight is 297 g/mol. The molecule has 0 aliphatic heterocycles. The third-order valence-corrected chi connectivity index (χ3v) is 4.82. The zero-order valence-corrected chi connectivity index (χ0v) is 14.5. The molecule has 1 aliphatic carbocycles. The first-order valence-electron chi connectivity index (χ1n) is 8.78. The van der Waals surface area contributed by atoms with Gasteiger partial charge in [-0.15, -0.1) is 0 Å². The molecule has 4 heteroatoms. The molecule has 124 valence electrons. The Morgan fingerprint density at radius 2 is 1.71 bits per heavy atom. The van der Waals surface area contributed by atoms with Gasteiger partial charge < -0.3 is 15.5 Å². The fraction of sp³-hybridized carbons (Fsp3) is 0.941. The molecular weight excluding hydrogens is 262 g/mol. The molecule has 0 aromatic rings. The van der Waals surface area contributed by atoms with Crippen molar-refractivity contribution in [3.8, 4) is 0 Å². The largest absolute Gasteiger partial charge is 0.343 e. The SMILES string of the molecule is CCN(CC)CCCN(CC)C(=O)C1CC(C)CC(N)C1. The quantitative estimate of drug-likeness (QED) is 0.748. The van der Waals surface area contributed by atoms with Gasteiger partial charge in [-0.1, -0.05) is 20.8 Å². The topological polar surface area (TPSA) is 49.6 Å². The van der Waals surface area contributed by atoms with Gasteiger partial charge in [-0.3, -0.25) is 4.79 Å². The van der Waals surface area contributed by atoms with Crippen molar-refractivity contribution in [1.82, 2.24) is 9.80 Å². The Bertz CT molecular complexity index is 294. The van der Waals surface area contributed by atoms with E-state index in [4.69, 9.17) is 5.73 Å². The molecule has 3 unspecified atom stereocenters. The van der Waals surface area contributed by atoms with Crippen molar-refractivity contribution in [3.63, 3.8) is 0 Å². The molecule has 0 aromatic carbocycles. The Labute approximate surface area is 131 Å². The average Bonchev–Trinajstić information content (AvgIpc) is 2.46. The third kappa shape index (κ3) is 5.95. The van der Waals surface area contributed by atoms with Crippen LogP contribution in [0.5, 0.6) is 0 Å². The Kier molecular flexibility index (Phi) is 8.27. The molecule has 1 aliphatic rings. The van der Waals surface area contributed by atoms with Crippen molar-refractivity contribution in [2.45, 2.75) is 59.4 Å². The summed E-state index contributed by atoms with van der Waals surface area (Å²) in [6.45, 7) is 13.6. The van der Waals surface area contributed by atoms with Crippen molar-refractivity contribution >= 4 is 5.91 Å². The molecule has 1 fully saturated rings. The fourth-order valence-corrected chi connectivity index (χ4v) is 3.57. The normalized spacial score (nSPS) is 26.1. The van der Waals surface area contributed by atoms with Crippen molar-refractivity contribution < 1.29 is 4.79 Å². The van der Waals surface area contributed by atoms with Gasteiger partial charge >= 0.3 is 0 Å². The summed E-state index contributed by atoms with van der Waals surface area (Å²) in [7, 11) is 0. The Morgan fingerprint density at radius 1 is 1.05 bits per heavy atom. The number of nitrogens with two attached hydrogens (primary N) is 1. The highest BCUT2D eigenvalue weighted by molar-refractivity contribution is 5.79. The Morgan fingerprint density at radius 3 is 2.24 bits per heavy atom. The van der Waals surface area contributed by atoms with Gasteiger partial charge in [0.25, 0.3) is 0 Å². The second-order valence-corrected chi connectivity index (χ2v) is 6.57. The minimum atomic E-state index is 0.150. The summed E-state index contributed by atoms with van der Waals surface area (Å²) in [6, 6.07) is 0.206. The summed E-state index contributed by atoms with van der Waals surface area (Å²) in [5, 5.41) is 0. The maximum absolute atomic E-state index is 12.7. The first-order valence-corrected chi connectivity index (χ1v) is 8.78. The molecule has 1 saturated carbocycles. The highest BCUT2D eigenvalue weighted by atomic mass is 16.2. The molecule has 0 radical (unpaired) electrons. The van der Waals surface area contributed by atoms with Crippen molar-refractivity contribution in [2.24, 2.45) is 17.6 Å². The van der Waals surface area contributed by atoms with E-state index in [0.29, 0.717) is 11.8 Å². The van der Waals surface area contributed by atoms with Crippen LogP contribution in [0.1, 0.15) is 53.4 Å². The number of hydrogen-bond donors (Lipinski definition) is 1. The number of hydrogen-bond acceptors (Lipinski definition) is 3. The summed E-state index contributed by atoms with van der Waals surface area (Å²) in [5.74, 6) is 1.06. The molecule has 2 N–H and O–H groups in total. The van der Waals surface area contributed by atoms with Crippen molar-refractivity contribution in [2.75, 3.05) is 32.7 Å². The third-order valence-electron chi connectivity index (χ3n) is 4.82. The van der Waals surface area contributed by atoms with E-state index in [-0.39, 0.29) is 12.0 Å². The Hall–Kier alpha value is -0.610. The van der Waals surface area contributed by atoms with Crippen LogP contribution in [-0.2, 0) is 4.79 Å². The molecule has 0 heterocycles. The van der Waals surface area contributed by atoms with E-state index in [0.717, 1.165) is 58.4 Å². The molecule has 1 rings (SSSR count). The molecule has 0 saturated heterocycles. The minimum Gasteiger partial charge on any atom is -0.343 e. The lowest BCUT2D eigenvalue weighted by atomic mass is 9.79. The van der Waals surface area contributed by atoms with Gasteiger partial charge in [-0.25, -0.2) is 0 Å². The van der Waals surface area contributed by atoms with E-state index in [2.05, 4.69) is 32.6 Å². The summed E-state index contributed by atoms with van der Waals surface area (Å²) in [6.07, 6.45) is 4.02. The maximum atomic E-state index is 12.7. The predicted molar refractivity (Wildman–Crippen MR) is 89.1 cm³/mol. The summed E-state index contributed by atoms with van der Waals surface area (Å²) >= 11 is 0. The second-order valence-electron chi connectivity index (χ2n) is 6.57. The van der Waals surface area contributed by atoms with E-state index in [1.165, 1.54) is 0 Å². The van der Waals surface area contributed by atoms with Crippen LogP contribution < -0.4 is 5.73 Å². The van der Waals surface area contributed by atoms with Crippen molar-refractivity contribution in [1.29, 1.82) is 0 Å². The van der Waals surface area contributed by atoms with E-state index < -0.39 is 0 Å². The monoisotopic (exact) mass is 297 g/mol. The van der Waals surface area contributed by atoms with E-state index in [1.807, 2.05) is 4.90 Å². The van der Waals surface area contributed by atoms with Crippen LogP contribution in [0, 0.1) is 11.8 Å². The zero-order valence-electron chi connectivity index (χ0n) is 14.5. The Balaban J connectivity index is 2.45. The van der Waals surface area contributed by atoms with Gasteiger partial charge in [0, 0.05) is 25.0 Å². The fourth-order valence-electron chi connectivity index (χ4n) is 3.57. The van der Waals surface area contributed by atoms with Crippen LogP contribution in [-0.4, -0.2) is 54.5 Å². The van der Waals surface area contributed by atoms with Gasteiger partial charge in [-0.05, 0) is 58.2 Å². The van der Waals surface area contributed by atoms with Gasteiger partial charge in [-0.2, -0.15) is 0 Å². The summed E-state index contributed by atoms with van der Waals surface area (Å²) < 4.78 is 0. The van der Waals surface area contributed by atoms with Crippen molar-refractivity contribution in [3.05, 3.63) is 0 Å². The van der Waals surface area contributed by atoms with Gasteiger partial charge in [0.2, 0.25) is 5.91 Å². The first kappa shape index (κ1) is 18.4. The van der Waals surface area contributed by atoms with Crippen LogP contribution in [0.25, 0.3) is 0 Å². The van der Waals surface area contributed by atoms with Crippen LogP contribution in [0.2, 0.25) is 0 Å². The minimum absolute atomic E-state index is 0.150. The lowest BCUT2D eigenvalue weighted by Gasteiger charge is -2.34. The van der Waals surface area contributed by atoms with E-state index in [9.17, 15) is 4.79 Å². The highest BCUT2D eigenvalue weighted by Gasteiger charge is 2.31. The van der Waals surface area contributed by atoms with Crippen LogP contribution >= 0.6 is 0 Å². The summed E-state index contributed by atoms with van der Waals surface area (Å²) in [5.41, 5.74) is 6.09. The molecule has 3 atom stereocenters. The molecule has 4 nitrogen and oxygen atoms in total. The second kappa shape index (κ2) is 9.42. The predicted octanol–water partition coefficient (Wildman–Crippen LogP) is 2.33. The van der Waals surface area contributed by atoms with Crippen LogP contribution in [0.15, 0.2) is 0 Å². The van der Waals surface area contributed by atoms with Crippen LogP contribution in [0.3, 0.4) is 0 Å². The number of amides is 1. The molecule has 0 aromatic heterocycles. The molecular formula is C17H35N3O. The lowest BCUT2D eigenvalue weighted by molar-refractivity contribution is -0.137. The zero-order chi connectivity index (χ0) is 15.8. The lowest BCUT2D eigenvalue weighted by Crippen LogP contribution is -2.43. The number of rotatable bonds is 8. The van der Waals surface area contributed by atoms with Gasteiger partial charge in [0.05, 0.1) is 0 Å². The molecule has 0 spiro atoms. The highest BCUT2D eigenvalue weighted by Crippen LogP contribution is 2.29. The smallest absolute Gasteiger partial charge is 0.225 e. The first-order chi connectivity index (χ1) is 10.0. The van der Waals surface area contributed by atoms with Gasteiger partial charge in [0.1, 0.15) is 0 Å².